The largest absolute Gasteiger partial charge is 0.496 e. The van der Waals surface area contributed by atoms with Gasteiger partial charge >= 0.3 is 0 Å². The number of benzene rings is 1. The zero-order valence-electron chi connectivity index (χ0n) is 12.8. The molecule has 0 aromatic heterocycles. The maximum Gasteiger partial charge on any atom is 0.170 e. The Morgan fingerprint density at radius 3 is 2.65 bits per heavy atom. The minimum atomic E-state index is -0.515. The first-order valence-corrected chi connectivity index (χ1v) is 7.00. The second-order valence-corrected chi connectivity index (χ2v) is 5.48. The van der Waals surface area contributed by atoms with Crippen LogP contribution in [0.1, 0.15) is 37.0 Å². The van der Waals surface area contributed by atoms with Crippen molar-refractivity contribution in [1.82, 2.24) is 4.90 Å². The van der Waals surface area contributed by atoms with E-state index in [9.17, 15) is 9.18 Å². The van der Waals surface area contributed by atoms with E-state index in [0.717, 1.165) is 13.0 Å². The number of ketones is 1. The number of carbonyl (C=O) groups is 1. The fourth-order valence-corrected chi connectivity index (χ4v) is 1.95. The van der Waals surface area contributed by atoms with Gasteiger partial charge in [0, 0.05) is 13.0 Å². The van der Waals surface area contributed by atoms with Gasteiger partial charge in [-0.05, 0) is 38.1 Å². The third-order valence-electron chi connectivity index (χ3n) is 3.28. The Morgan fingerprint density at radius 2 is 2.05 bits per heavy atom. The minimum Gasteiger partial charge on any atom is -0.496 e. The van der Waals surface area contributed by atoms with Crippen LogP contribution in [0, 0.1) is 11.7 Å². The quantitative estimate of drug-likeness (QED) is 0.684. The molecule has 0 saturated heterocycles. The summed E-state index contributed by atoms with van der Waals surface area (Å²) in [7, 11) is 3.43. The molecule has 0 spiro atoms. The number of hydrogen-bond acceptors (Lipinski definition) is 3. The van der Waals surface area contributed by atoms with Gasteiger partial charge in [-0.3, -0.25) is 4.79 Å². The van der Waals surface area contributed by atoms with E-state index in [4.69, 9.17) is 4.74 Å². The van der Waals surface area contributed by atoms with E-state index in [2.05, 4.69) is 18.7 Å². The SMILES string of the molecule is COc1cccc(F)c1C(=O)CCN(C)CCC(C)C. The normalized spacial score (nSPS) is 11.2. The van der Waals surface area contributed by atoms with Gasteiger partial charge in [0.05, 0.1) is 12.7 Å². The van der Waals surface area contributed by atoms with Crippen molar-refractivity contribution in [3.63, 3.8) is 0 Å². The highest BCUT2D eigenvalue weighted by molar-refractivity contribution is 5.99. The Bertz CT molecular complexity index is 446. The number of methoxy groups -OCH3 is 1. The molecule has 112 valence electrons. The second kappa shape index (κ2) is 8.00. The predicted octanol–water partition coefficient (Wildman–Crippen LogP) is 3.39. The standard InChI is InChI=1S/C16H24FNO2/c1-12(2)8-10-18(3)11-9-14(19)16-13(17)6-5-7-15(16)20-4/h5-7,12H,8-11H2,1-4H3. The minimum absolute atomic E-state index is 0.0623. The molecule has 0 saturated carbocycles. The molecule has 0 heterocycles. The maximum atomic E-state index is 13.8. The van der Waals surface area contributed by atoms with E-state index < -0.39 is 5.82 Å². The monoisotopic (exact) mass is 281 g/mol. The third kappa shape index (κ3) is 4.93. The topological polar surface area (TPSA) is 29.5 Å². The number of nitrogens with zero attached hydrogens (tertiary/aromatic N) is 1. The molecule has 1 aromatic carbocycles. The van der Waals surface area contributed by atoms with Crippen LogP contribution in [0.4, 0.5) is 4.39 Å². The molecule has 0 aliphatic rings. The van der Waals surface area contributed by atoms with Gasteiger partial charge in [-0.2, -0.15) is 0 Å². The first kappa shape index (κ1) is 16.6. The van der Waals surface area contributed by atoms with Crippen LogP contribution in [0.15, 0.2) is 18.2 Å². The molecule has 0 atom stereocenters. The fourth-order valence-electron chi connectivity index (χ4n) is 1.95. The van der Waals surface area contributed by atoms with Crippen LogP contribution in [-0.2, 0) is 0 Å². The maximum absolute atomic E-state index is 13.8. The molecule has 0 radical (unpaired) electrons. The summed E-state index contributed by atoms with van der Waals surface area (Å²) in [5.74, 6) is 0.218. The molecular weight excluding hydrogens is 257 g/mol. The van der Waals surface area contributed by atoms with Crippen LogP contribution in [0.2, 0.25) is 0 Å². The first-order chi connectivity index (χ1) is 9.45. The molecule has 0 unspecified atom stereocenters. The van der Waals surface area contributed by atoms with Crippen LogP contribution in [-0.4, -0.2) is 37.9 Å². The summed E-state index contributed by atoms with van der Waals surface area (Å²) in [6.07, 6.45) is 1.39. The van der Waals surface area contributed by atoms with Crippen LogP contribution in [0.25, 0.3) is 0 Å². The van der Waals surface area contributed by atoms with Gasteiger partial charge in [0.25, 0.3) is 0 Å². The fraction of sp³-hybridized carbons (Fsp3) is 0.562. The lowest BCUT2D eigenvalue weighted by Gasteiger charge is -2.17. The van der Waals surface area contributed by atoms with E-state index in [1.165, 1.54) is 13.2 Å². The van der Waals surface area contributed by atoms with Crippen molar-refractivity contribution >= 4 is 5.78 Å². The summed E-state index contributed by atoms with van der Waals surface area (Å²) in [4.78, 5) is 14.2. The van der Waals surface area contributed by atoms with Crippen molar-refractivity contribution in [2.24, 2.45) is 5.92 Å². The number of carbonyl (C=O) groups excluding carboxylic acids is 1. The lowest BCUT2D eigenvalue weighted by Crippen LogP contribution is -2.24. The van der Waals surface area contributed by atoms with Crippen LogP contribution >= 0.6 is 0 Å². The molecule has 0 N–H and O–H groups in total. The van der Waals surface area contributed by atoms with Gasteiger partial charge in [0.1, 0.15) is 11.6 Å². The van der Waals surface area contributed by atoms with Crippen molar-refractivity contribution in [3.05, 3.63) is 29.6 Å². The van der Waals surface area contributed by atoms with Gasteiger partial charge in [-0.1, -0.05) is 19.9 Å². The van der Waals surface area contributed by atoms with E-state index in [1.54, 1.807) is 12.1 Å². The van der Waals surface area contributed by atoms with Gasteiger partial charge < -0.3 is 9.64 Å². The highest BCUT2D eigenvalue weighted by atomic mass is 19.1. The molecule has 3 nitrogen and oxygen atoms in total. The molecule has 0 aliphatic carbocycles. The van der Waals surface area contributed by atoms with Crippen molar-refractivity contribution in [3.8, 4) is 5.75 Å². The molecule has 0 aliphatic heterocycles. The van der Waals surface area contributed by atoms with E-state index in [-0.39, 0.29) is 11.3 Å². The average molecular weight is 281 g/mol. The second-order valence-electron chi connectivity index (χ2n) is 5.48. The Balaban J connectivity index is 2.59. The summed E-state index contributed by atoms with van der Waals surface area (Å²) in [6.45, 7) is 5.91. The Labute approximate surface area is 120 Å². The van der Waals surface area contributed by atoms with Crippen LogP contribution < -0.4 is 4.74 Å². The number of Topliss-reactive ketones (excluding diaryl/α,β-unsaturated/α-hetero) is 1. The predicted molar refractivity (Wildman–Crippen MR) is 78.9 cm³/mol. The summed E-state index contributed by atoms with van der Waals surface area (Å²) >= 11 is 0. The van der Waals surface area contributed by atoms with Gasteiger partial charge in [-0.25, -0.2) is 4.39 Å². The first-order valence-electron chi connectivity index (χ1n) is 7.00. The summed E-state index contributed by atoms with van der Waals surface area (Å²) < 4.78 is 18.8. The van der Waals surface area contributed by atoms with Crippen molar-refractivity contribution in [2.45, 2.75) is 26.7 Å². The lowest BCUT2D eigenvalue weighted by atomic mass is 10.1. The molecular formula is C16H24FNO2. The van der Waals surface area contributed by atoms with Crippen LogP contribution in [0.5, 0.6) is 5.75 Å². The highest BCUT2D eigenvalue weighted by Gasteiger charge is 2.17. The molecule has 0 bridgehead atoms. The summed E-state index contributed by atoms with van der Waals surface area (Å²) in [5, 5.41) is 0. The Hall–Kier alpha value is -1.42. The van der Waals surface area contributed by atoms with Gasteiger partial charge in [0.15, 0.2) is 5.78 Å². The summed E-state index contributed by atoms with van der Waals surface area (Å²) in [5.41, 5.74) is 0.0623. The number of ether oxygens (including phenoxy) is 1. The molecule has 4 heteroatoms. The average Bonchev–Trinajstić information content (AvgIpc) is 2.42. The van der Waals surface area contributed by atoms with Crippen molar-refractivity contribution in [2.75, 3.05) is 27.2 Å². The molecule has 0 amide bonds. The van der Waals surface area contributed by atoms with Crippen molar-refractivity contribution < 1.29 is 13.9 Å². The molecule has 1 aromatic rings. The zero-order valence-corrected chi connectivity index (χ0v) is 12.8. The number of rotatable bonds is 8. The molecule has 0 fully saturated rings. The van der Waals surface area contributed by atoms with E-state index >= 15 is 0 Å². The highest BCUT2D eigenvalue weighted by Crippen LogP contribution is 2.22. The smallest absolute Gasteiger partial charge is 0.170 e. The van der Waals surface area contributed by atoms with E-state index in [0.29, 0.717) is 24.6 Å². The molecule has 20 heavy (non-hydrogen) atoms. The lowest BCUT2D eigenvalue weighted by molar-refractivity contribution is 0.0961. The van der Waals surface area contributed by atoms with Gasteiger partial charge in [0.2, 0.25) is 0 Å². The Morgan fingerprint density at radius 1 is 1.35 bits per heavy atom. The number of halogens is 1. The van der Waals surface area contributed by atoms with E-state index in [1.807, 2.05) is 7.05 Å². The molecule has 1 rings (SSSR count). The van der Waals surface area contributed by atoms with Crippen molar-refractivity contribution in [1.29, 1.82) is 0 Å². The summed E-state index contributed by atoms with van der Waals surface area (Å²) in [6, 6.07) is 4.44. The third-order valence-corrected chi connectivity index (χ3v) is 3.28. The van der Waals surface area contributed by atoms with Crippen LogP contribution in [0.3, 0.4) is 0 Å². The number of hydrogen-bond donors (Lipinski definition) is 0. The zero-order chi connectivity index (χ0) is 15.1. The Kier molecular flexibility index (Phi) is 6.65. The van der Waals surface area contributed by atoms with Gasteiger partial charge in [-0.15, -0.1) is 0 Å².